The number of rotatable bonds is 3. The lowest BCUT2D eigenvalue weighted by atomic mass is 10.0. The molecule has 2 aliphatic rings. The van der Waals surface area contributed by atoms with Crippen LogP contribution in [0.15, 0.2) is 36.8 Å². The van der Waals surface area contributed by atoms with Crippen LogP contribution in [0.3, 0.4) is 0 Å². The van der Waals surface area contributed by atoms with Crippen LogP contribution in [-0.4, -0.2) is 51.0 Å². The van der Waals surface area contributed by atoms with Gasteiger partial charge in [0.25, 0.3) is 5.78 Å². The molecule has 0 bridgehead atoms. The minimum absolute atomic E-state index is 0.0765. The fourth-order valence-corrected chi connectivity index (χ4v) is 3.58. The minimum Gasteiger partial charge on any atom is -0.454 e. The summed E-state index contributed by atoms with van der Waals surface area (Å²) in [5.74, 6) is 2.22. The quantitative estimate of drug-likeness (QED) is 0.713. The van der Waals surface area contributed by atoms with E-state index in [1.54, 1.807) is 10.7 Å². The maximum atomic E-state index is 6.03. The Kier molecular flexibility index (Phi) is 3.72. The van der Waals surface area contributed by atoms with Gasteiger partial charge in [0.1, 0.15) is 12.4 Å². The van der Waals surface area contributed by atoms with Gasteiger partial charge in [0, 0.05) is 25.3 Å². The third kappa shape index (κ3) is 2.58. The van der Waals surface area contributed by atoms with E-state index in [4.69, 9.17) is 14.2 Å². The Hall–Kier alpha value is -2.71. The first-order chi connectivity index (χ1) is 12.8. The van der Waals surface area contributed by atoms with Crippen LogP contribution in [0.5, 0.6) is 11.5 Å². The van der Waals surface area contributed by atoms with Crippen molar-refractivity contribution in [2.24, 2.45) is 0 Å². The molecule has 5 rings (SSSR count). The molecule has 134 valence electrons. The Morgan fingerprint density at radius 2 is 2.08 bits per heavy atom. The SMILES string of the molecule is CC(c1ccc2c(c1)OCO2)N1CCOC(c2ccnc3ncnn23)C1. The number of nitrogens with zero attached hydrogens (tertiary/aromatic N) is 5. The zero-order valence-electron chi connectivity index (χ0n) is 14.4. The van der Waals surface area contributed by atoms with E-state index in [1.165, 1.54) is 11.9 Å². The van der Waals surface area contributed by atoms with Gasteiger partial charge in [-0.05, 0) is 30.7 Å². The molecular weight excluding hydrogens is 334 g/mol. The topological polar surface area (TPSA) is 74.0 Å². The molecule has 1 saturated heterocycles. The van der Waals surface area contributed by atoms with Crippen molar-refractivity contribution in [2.45, 2.75) is 19.1 Å². The fourth-order valence-electron chi connectivity index (χ4n) is 3.58. The normalized spacial score (nSPS) is 21.2. The Balaban J connectivity index is 1.39. The van der Waals surface area contributed by atoms with Crippen LogP contribution in [0.2, 0.25) is 0 Å². The van der Waals surface area contributed by atoms with E-state index in [9.17, 15) is 0 Å². The predicted octanol–water partition coefficient (Wildman–Crippen LogP) is 1.99. The van der Waals surface area contributed by atoms with Crippen LogP contribution in [-0.2, 0) is 4.74 Å². The molecule has 2 aliphatic heterocycles. The lowest BCUT2D eigenvalue weighted by Crippen LogP contribution is -2.40. The summed E-state index contributed by atoms with van der Waals surface area (Å²) >= 11 is 0. The largest absolute Gasteiger partial charge is 0.454 e. The maximum Gasteiger partial charge on any atom is 0.252 e. The second-order valence-electron chi connectivity index (χ2n) is 6.48. The molecule has 0 aliphatic carbocycles. The van der Waals surface area contributed by atoms with Gasteiger partial charge in [0.2, 0.25) is 6.79 Å². The second-order valence-corrected chi connectivity index (χ2v) is 6.48. The number of morpholine rings is 1. The summed E-state index contributed by atoms with van der Waals surface area (Å²) in [4.78, 5) is 10.8. The molecule has 2 atom stereocenters. The number of ether oxygens (including phenoxy) is 3. The first-order valence-electron chi connectivity index (χ1n) is 8.69. The fraction of sp³-hybridized carbons (Fsp3) is 0.389. The van der Waals surface area contributed by atoms with Gasteiger partial charge in [-0.3, -0.25) is 4.90 Å². The molecule has 0 N–H and O–H groups in total. The Morgan fingerprint density at radius 3 is 3.04 bits per heavy atom. The summed E-state index contributed by atoms with van der Waals surface area (Å²) in [6.45, 7) is 4.81. The average Bonchev–Trinajstić information content (AvgIpc) is 3.35. The van der Waals surface area contributed by atoms with Crippen molar-refractivity contribution in [1.82, 2.24) is 24.5 Å². The maximum absolute atomic E-state index is 6.03. The van der Waals surface area contributed by atoms with E-state index in [0.717, 1.165) is 30.3 Å². The van der Waals surface area contributed by atoms with Crippen LogP contribution in [0.25, 0.3) is 5.78 Å². The number of hydrogen-bond donors (Lipinski definition) is 0. The van der Waals surface area contributed by atoms with Crippen molar-refractivity contribution < 1.29 is 14.2 Å². The van der Waals surface area contributed by atoms with Crippen LogP contribution in [0.1, 0.15) is 30.3 Å². The molecule has 0 saturated carbocycles. The Labute approximate surface area is 150 Å². The Morgan fingerprint density at radius 1 is 1.15 bits per heavy atom. The summed E-state index contributed by atoms with van der Waals surface area (Å²) in [5, 5.41) is 4.28. The predicted molar refractivity (Wildman–Crippen MR) is 92.0 cm³/mol. The van der Waals surface area contributed by atoms with E-state index in [2.05, 4.69) is 39.0 Å². The third-order valence-electron chi connectivity index (χ3n) is 5.06. The molecule has 8 nitrogen and oxygen atoms in total. The lowest BCUT2D eigenvalue weighted by molar-refractivity contribution is -0.0460. The van der Waals surface area contributed by atoms with Crippen LogP contribution in [0.4, 0.5) is 0 Å². The summed E-state index contributed by atoms with van der Waals surface area (Å²) in [7, 11) is 0. The summed E-state index contributed by atoms with van der Waals surface area (Å²) in [6.07, 6.45) is 3.19. The molecule has 26 heavy (non-hydrogen) atoms. The number of benzene rings is 1. The highest BCUT2D eigenvalue weighted by atomic mass is 16.7. The summed E-state index contributed by atoms with van der Waals surface area (Å²) < 4.78 is 18.7. The minimum atomic E-state index is -0.0765. The third-order valence-corrected chi connectivity index (χ3v) is 5.06. The molecule has 2 aromatic heterocycles. The first-order valence-corrected chi connectivity index (χ1v) is 8.69. The monoisotopic (exact) mass is 353 g/mol. The zero-order chi connectivity index (χ0) is 17.5. The molecule has 4 heterocycles. The van der Waals surface area contributed by atoms with E-state index < -0.39 is 0 Å². The molecule has 0 radical (unpaired) electrons. The molecule has 0 amide bonds. The smallest absolute Gasteiger partial charge is 0.252 e. The van der Waals surface area contributed by atoms with Crippen LogP contribution < -0.4 is 9.47 Å². The molecule has 8 heteroatoms. The lowest BCUT2D eigenvalue weighted by Gasteiger charge is -2.37. The van der Waals surface area contributed by atoms with E-state index >= 15 is 0 Å². The van der Waals surface area contributed by atoms with Gasteiger partial charge < -0.3 is 14.2 Å². The van der Waals surface area contributed by atoms with Gasteiger partial charge in [-0.15, -0.1) is 0 Å². The number of aromatic nitrogens is 4. The van der Waals surface area contributed by atoms with Crippen LogP contribution in [0, 0.1) is 0 Å². The van der Waals surface area contributed by atoms with E-state index in [1.807, 2.05) is 12.1 Å². The number of hydrogen-bond acceptors (Lipinski definition) is 7. The molecule has 0 spiro atoms. The van der Waals surface area contributed by atoms with Gasteiger partial charge in [0.15, 0.2) is 11.5 Å². The highest BCUT2D eigenvalue weighted by molar-refractivity contribution is 5.45. The van der Waals surface area contributed by atoms with Crippen molar-refractivity contribution in [3.63, 3.8) is 0 Å². The highest BCUT2D eigenvalue weighted by Gasteiger charge is 2.28. The van der Waals surface area contributed by atoms with Crippen molar-refractivity contribution in [1.29, 1.82) is 0 Å². The van der Waals surface area contributed by atoms with Gasteiger partial charge in [-0.2, -0.15) is 14.6 Å². The summed E-state index contributed by atoms with van der Waals surface area (Å²) in [5.41, 5.74) is 2.17. The zero-order valence-corrected chi connectivity index (χ0v) is 14.4. The van der Waals surface area contributed by atoms with Crippen molar-refractivity contribution >= 4 is 5.78 Å². The van der Waals surface area contributed by atoms with E-state index in [-0.39, 0.29) is 12.1 Å². The van der Waals surface area contributed by atoms with Crippen LogP contribution >= 0.6 is 0 Å². The molecule has 1 aromatic carbocycles. The molecule has 3 aromatic rings. The first kappa shape index (κ1) is 15.5. The second kappa shape index (κ2) is 6.22. The van der Waals surface area contributed by atoms with Gasteiger partial charge in [-0.1, -0.05) is 6.07 Å². The van der Waals surface area contributed by atoms with Gasteiger partial charge in [-0.25, -0.2) is 4.98 Å². The number of fused-ring (bicyclic) bond motifs is 2. The van der Waals surface area contributed by atoms with Crippen molar-refractivity contribution in [2.75, 3.05) is 26.5 Å². The van der Waals surface area contributed by atoms with Crippen molar-refractivity contribution in [3.8, 4) is 11.5 Å². The Bertz CT molecular complexity index is 943. The summed E-state index contributed by atoms with van der Waals surface area (Å²) in [6, 6.07) is 8.34. The average molecular weight is 353 g/mol. The van der Waals surface area contributed by atoms with Crippen molar-refractivity contribution in [3.05, 3.63) is 48.0 Å². The standard InChI is InChI=1S/C18H19N5O3/c1-12(13-2-3-15-16(8-13)26-11-25-15)22-6-7-24-17(9-22)14-4-5-19-18-20-10-21-23(14)18/h2-5,8,10,12,17H,6-7,9,11H2,1H3. The highest BCUT2D eigenvalue weighted by Crippen LogP contribution is 2.36. The van der Waals surface area contributed by atoms with Gasteiger partial charge >= 0.3 is 0 Å². The molecular formula is C18H19N5O3. The van der Waals surface area contributed by atoms with E-state index in [0.29, 0.717) is 19.2 Å². The van der Waals surface area contributed by atoms with Gasteiger partial charge in [0.05, 0.1) is 12.3 Å². The molecule has 2 unspecified atom stereocenters. The molecule has 1 fully saturated rings.